The average molecular weight is 427 g/mol. The van der Waals surface area contributed by atoms with Crippen molar-refractivity contribution >= 4 is 16.9 Å². The van der Waals surface area contributed by atoms with Crippen molar-refractivity contribution in [3.8, 4) is 6.07 Å². The Hall–Kier alpha value is -2.55. The minimum Gasteiger partial charge on any atom is -0.506 e. The predicted molar refractivity (Wildman–Crippen MR) is 106 cm³/mol. The fourth-order valence-corrected chi connectivity index (χ4v) is 2.65. The Bertz CT molecular complexity index is 877. The molecule has 11 heteroatoms. The van der Waals surface area contributed by atoms with Crippen LogP contribution in [0.5, 0.6) is 0 Å². The molecular weight excluding hydrogens is 402 g/mol. The Balaban J connectivity index is 2.73. The smallest absolute Gasteiger partial charge is 0.331 e. The molecule has 10 nitrogen and oxygen atoms in total. The highest BCUT2D eigenvalue weighted by atomic mass is 32.2. The fourth-order valence-electron chi connectivity index (χ4n) is 1.83. The molecular formula is C18H25N3O7S. The van der Waals surface area contributed by atoms with Gasteiger partial charge in [-0.15, -0.1) is 0 Å². The summed E-state index contributed by atoms with van der Waals surface area (Å²) in [6.45, 7) is 4.98. The van der Waals surface area contributed by atoms with Crippen molar-refractivity contribution in [3.63, 3.8) is 0 Å². The Morgan fingerprint density at radius 2 is 2.10 bits per heavy atom. The molecule has 0 radical (unpaired) electrons. The van der Waals surface area contributed by atoms with E-state index in [0.717, 1.165) is 22.4 Å². The molecule has 0 bridgehead atoms. The molecule has 1 aromatic rings. The fraction of sp³-hybridized carbons (Fsp3) is 0.556. The Labute approximate surface area is 171 Å². The number of hydrogen-bond acceptors (Lipinski definition) is 9. The number of thioether (sulfide) groups is 1. The molecule has 3 N–H and O–H groups in total. The van der Waals surface area contributed by atoms with Gasteiger partial charge < -0.3 is 19.7 Å². The third-order valence-electron chi connectivity index (χ3n) is 3.47. The zero-order valence-corrected chi connectivity index (χ0v) is 17.3. The topological polar surface area (TPSA) is 155 Å². The van der Waals surface area contributed by atoms with E-state index in [1.165, 1.54) is 6.20 Å². The summed E-state index contributed by atoms with van der Waals surface area (Å²) >= 11 is 1.12. The molecule has 1 unspecified atom stereocenters. The highest BCUT2D eigenvalue weighted by Crippen LogP contribution is 2.22. The summed E-state index contributed by atoms with van der Waals surface area (Å²) in [5, 5.41) is 28.6. The monoisotopic (exact) mass is 427 g/mol. The van der Waals surface area contributed by atoms with Crippen LogP contribution >= 0.6 is 11.8 Å². The first kappa shape index (κ1) is 24.5. The number of H-pyrrole nitrogens is 1. The second kappa shape index (κ2) is 11.5. The summed E-state index contributed by atoms with van der Waals surface area (Å²) in [5.41, 5.74) is -1.76. The van der Waals surface area contributed by atoms with Crippen LogP contribution in [0.4, 0.5) is 0 Å². The van der Waals surface area contributed by atoms with Crippen LogP contribution in [0.15, 0.2) is 33.4 Å². The highest BCUT2D eigenvalue weighted by Gasteiger charge is 2.21. The molecule has 0 amide bonds. The maximum atomic E-state index is 11.9. The number of hydrogen-bond donors (Lipinski definition) is 3. The summed E-state index contributed by atoms with van der Waals surface area (Å²) in [7, 11) is 0. The number of aliphatic hydroxyl groups is 2. The number of nitrogens with zero attached hydrogens (tertiary/aromatic N) is 2. The van der Waals surface area contributed by atoms with Gasteiger partial charge in [0, 0.05) is 23.4 Å². The normalized spacial score (nSPS) is 13.3. The van der Waals surface area contributed by atoms with E-state index >= 15 is 0 Å². The molecule has 0 saturated heterocycles. The molecule has 0 aliphatic heterocycles. The highest BCUT2D eigenvalue weighted by molar-refractivity contribution is 8.13. The number of nitriles is 1. The summed E-state index contributed by atoms with van der Waals surface area (Å²) in [4.78, 5) is 36.7. The number of nitrogens with one attached hydrogen (secondary N) is 1. The number of aliphatic hydroxyl groups excluding tert-OH is 2. The lowest BCUT2D eigenvalue weighted by Gasteiger charge is -2.17. The van der Waals surface area contributed by atoms with Gasteiger partial charge in [0.1, 0.15) is 12.7 Å². The molecule has 0 aromatic carbocycles. The largest absolute Gasteiger partial charge is 0.506 e. The number of ether oxygens (including phenoxy) is 2. The second-order valence-corrected chi connectivity index (χ2v) is 8.05. The minimum absolute atomic E-state index is 0.0119. The first-order chi connectivity index (χ1) is 13.6. The van der Waals surface area contributed by atoms with Crippen molar-refractivity contribution in [1.29, 1.82) is 5.26 Å². The zero-order chi connectivity index (χ0) is 22.0. The summed E-state index contributed by atoms with van der Waals surface area (Å²) < 4.78 is 11.8. The maximum Gasteiger partial charge on any atom is 0.331 e. The van der Waals surface area contributed by atoms with Crippen molar-refractivity contribution in [2.24, 2.45) is 5.41 Å². The number of aromatic amines is 1. The summed E-state index contributed by atoms with van der Waals surface area (Å²) in [6, 6.07) is 2.84. The SMILES string of the molecule is CC(C)(C)C(=O)SCCOC/C(OCn1ccc(=O)[nH]c1=O)=C(\O)C(O)CC#N. The maximum absolute atomic E-state index is 11.9. The Morgan fingerprint density at radius 3 is 2.69 bits per heavy atom. The van der Waals surface area contributed by atoms with Crippen molar-refractivity contribution in [2.45, 2.75) is 40.0 Å². The van der Waals surface area contributed by atoms with Crippen molar-refractivity contribution in [3.05, 3.63) is 44.6 Å². The Morgan fingerprint density at radius 1 is 1.41 bits per heavy atom. The van der Waals surface area contributed by atoms with Gasteiger partial charge in [-0.2, -0.15) is 5.26 Å². The number of carbonyl (C=O) groups is 1. The zero-order valence-electron chi connectivity index (χ0n) is 16.5. The number of aromatic nitrogens is 2. The lowest BCUT2D eigenvalue weighted by atomic mass is 10.00. The Kier molecular flexibility index (Phi) is 9.67. The molecule has 1 aromatic heterocycles. The van der Waals surface area contributed by atoms with E-state index in [0.29, 0.717) is 5.75 Å². The van der Waals surface area contributed by atoms with E-state index in [4.69, 9.17) is 14.7 Å². The molecule has 1 heterocycles. The van der Waals surface area contributed by atoms with E-state index in [2.05, 4.69) is 4.98 Å². The quantitative estimate of drug-likeness (QED) is 0.364. The first-order valence-corrected chi connectivity index (χ1v) is 9.69. The van der Waals surface area contributed by atoms with Crippen LogP contribution in [-0.2, 0) is 21.0 Å². The number of carbonyl (C=O) groups excluding carboxylic acids is 1. The van der Waals surface area contributed by atoms with E-state index in [1.54, 1.807) is 6.07 Å². The molecule has 1 rings (SSSR count). The van der Waals surface area contributed by atoms with Crippen molar-refractivity contribution in [1.82, 2.24) is 9.55 Å². The van der Waals surface area contributed by atoms with Gasteiger partial charge in [0.25, 0.3) is 5.56 Å². The molecule has 0 spiro atoms. The van der Waals surface area contributed by atoms with Crippen LogP contribution in [0, 0.1) is 16.7 Å². The van der Waals surface area contributed by atoms with Gasteiger partial charge in [0.15, 0.2) is 23.4 Å². The van der Waals surface area contributed by atoms with E-state index in [9.17, 15) is 24.6 Å². The van der Waals surface area contributed by atoms with Crippen molar-refractivity contribution in [2.75, 3.05) is 19.0 Å². The second-order valence-electron chi connectivity index (χ2n) is 6.98. The molecule has 29 heavy (non-hydrogen) atoms. The lowest BCUT2D eigenvalue weighted by Crippen LogP contribution is -2.29. The van der Waals surface area contributed by atoms with Gasteiger partial charge in [-0.1, -0.05) is 32.5 Å². The van der Waals surface area contributed by atoms with Gasteiger partial charge in [-0.3, -0.25) is 19.1 Å². The van der Waals surface area contributed by atoms with Gasteiger partial charge in [0.2, 0.25) is 0 Å². The van der Waals surface area contributed by atoms with E-state index in [1.807, 2.05) is 20.8 Å². The molecule has 160 valence electrons. The molecule has 0 aliphatic rings. The molecule has 0 aliphatic carbocycles. The van der Waals surface area contributed by atoms with Crippen LogP contribution < -0.4 is 11.2 Å². The van der Waals surface area contributed by atoms with E-state index < -0.39 is 28.5 Å². The van der Waals surface area contributed by atoms with Gasteiger partial charge >= 0.3 is 5.69 Å². The van der Waals surface area contributed by atoms with Gasteiger partial charge in [-0.25, -0.2) is 4.79 Å². The first-order valence-electron chi connectivity index (χ1n) is 8.70. The lowest BCUT2D eigenvalue weighted by molar-refractivity contribution is -0.117. The third kappa shape index (κ3) is 8.55. The third-order valence-corrected chi connectivity index (χ3v) is 4.71. The average Bonchev–Trinajstić information content (AvgIpc) is 2.63. The minimum atomic E-state index is -1.48. The molecule has 1 atom stereocenters. The van der Waals surface area contributed by atoms with Crippen LogP contribution in [0.2, 0.25) is 0 Å². The van der Waals surface area contributed by atoms with Gasteiger partial charge in [0.05, 0.1) is 19.1 Å². The van der Waals surface area contributed by atoms with Gasteiger partial charge in [-0.05, 0) is 0 Å². The van der Waals surface area contributed by atoms with Crippen LogP contribution in [-0.4, -0.2) is 49.9 Å². The van der Waals surface area contributed by atoms with Crippen molar-refractivity contribution < 1.29 is 24.5 Å². The van der Waals surface area contributed by atoms with Crippen LogP contribution in [0.25, 0.3) is 0 Å². The predicted octanol–water partition coefficient (Wildman–Crippen LogP) is 0.877. The van der Waals surface area contributed by atoms with Crippen LogP contribution in [0.3, 0.4) is 0 Å². The standard InChI is InChI=1S/C18H25N3O7S/c1-18(2,3)16(25)29-9-8-27-10-13(15(24)12(22)4-6-19)28-11-21-7-5-14(23)20-17(21)26/h5,7,12,22,24H,4,8-11H2,1-3H3,(H,20,23,26)/b15-13+. The summed E-state index contributed by atoms with van der Waals surface area (Å²) in [6.07, 6.45) is -0.646. The van der Waals surface area contributed by atoms with Crippen LogP contribution in [0.1, 0.15) is 27.2 Å². The molecule has 0 fully saturated rings. The van der Waals surface area contributed by atoms with E-state index in [-0.39, 0.29) is 37.2 Å². The molecule has 0 saturated carbocycles. The number of rotatable bonds is 10. The summed E-state index contributed by atoms with van der Waals surface area (Å²) in [5.74, 6) is -0.384.